The number of nitrogens with zero attached hydrogens (tertiary/aromatic N) is 6. The quantitative estimate of drug-likeness (QED) is 0.125. The molecule has 0 fully saturated rings. The number of benzene rings is 4. The number of rotatable bonds is 14. The number of hydrogen-bond donors (Lipinski definition) is 0. The van der Waals surface area contributed by atoms with Gasteiger partial charge in [-0.25, -0.2) is 21.8 Å². The fourth-order valence-electron chi connectivity index (χ4n) is 5.36. The molecule has 0 N–H and O–H groups in total. The van der Waals surface area contributed by atoms with Crippen molar-refractivity contribution in [1.82, 2.24) is 29.5 Å². The van der Waals surface area contributed by atoms with Gasteiger partial charge < -0.3 is 14.2 Å². The van der Waals surface area contributed by atoms with Crippen molar-refractivity contribution in [1.29, 1.82) is 0 Å². The first-order valence-electron chi connectivity index (χ1n) is 15.7. The summed E-state index contributed by atoms with van der Waals surface area (Å²) >= 11 is 1.96. The molecule has 0 saturated heterocycles. The highest BCUT2D eigenvalue weighted by Crippen LogP contribution is 2.39. The smallest absolute Gasteiger partial charge is 0.245 e. The zero-order valence-corrected chi connectivity index (χ0v) is 32.0. The minimum Gasteiger partial charge on any atom is -0.497 e. The summed E-state index contributed by atoms with van der Waals surface area (Å²) in [4.78, 5) is 4.43. The molecule has 0 aliphatic rings. The van der Waals surface area contributed by atoms with Crippen molar-refractivity contribution in [3.63, 3.8) is 0 Å². The van der Waals surface area contributed by atoms with Gasteiger partial charge in [0, 0.05) is 22.9 Å². The van der Waals surface area contributed by atoms with Crippen molar-refractivity contribution in [3.8, 4) is 28.6 Å². The first-order valence-corrected chi connectivity index (χ1v) is 19.7. The maximum atomic E-state index is 15.3. The molecule has 0 aliphatic carbocycles. The number of halogens is 1. The highest BCUT2D eigenvalue weighted by molar-refractivity contribution is 14.1. The zero-order chi connectivity index (χ0) is 36.9. The Morgan fingerprint density at radius 2 is 1.23 bits per heavy atom. The van der Waals surface area contributed by atoms with Gasteiger partial charge in [0.05, 0.1) is 38.3 Å². The Kier molecular flexibility index (Phi) is 11.2. The van der Waals surface area contributed by atoms with E-state index in [1.54, 1.807) is 88.1 Å². The van der Waals surface area contributed by atoms with Gasteiger partial charge >= 0.3 is 0 Å². The Balaban J connectivity index is 1.53. The molecular formula is C36H33IN6O7S2. The number of aromatic nitrogens is 5. The highest BCUT2D eigenvalue weighted by Gasteiger charge is 2.38. The second-order valence-corrected chi connectivity index (χ2v) is 16.3. The van der Waals surface area contributed by atoms with Crippen LogP contribution in [0.2, 0.25) is 0 Å². The number of methoxy groups -OCH3 is 3. The van der Waals surface area contributed by atoms with E-state index in [1.807, 2.05) is 34.7 Å². The summed E-state index contributed by atoms with van der Waals surface area (Å²) in [6.07, 6.45) is 1.33. The van der Waals surface area contributed by atoms with Gasteiger partial charge in [0.2, 0.25) is 25.7 Å². The van der Waals surface area contributed by atoms with Crippen molar-refractivity contribution >= 4 is 42.5 Å². The zero-order valence-electron chi connectivity index (χ0n) is 28.2. The topological polar surface area (TPSA) is 156 Å². The van der Waals surface area contributed by atoms with Crippen molar-refractivity contribution in [3.05, 3.63) is 130 Å². The standard InChI is InChI=1S/C36H33IN6O7S2/c1-48-28-13-7-25(8-14-28)22-42(23-26-9-15-29(49-2)16-10-26)52(46,47)35-32(51(44,45)33-6-4-5-21-38-33)20-19-31(37)34(35)36-39-41-43(40-36)24-27-11-17-30(50-3)18-12-27/h4-21H,22-24H2,1-3H3. The van der Waals surface area contributed by atoms with Crippen molar-refractivity contribution in [2.75, 3.05) is 21.3 Å². The molecule has 0 amide bonds. The number of hydrogen-bond acceptors (Lipinski definition) is 11. The largest absolute Gasteiger partial charge is 0.497 e. The summed E-state index contributed by atoms with van der Waals surface area (Å²) in [6, 6.07) is 28.4. The van der Waals surface area contributed by atoms with Crippen LogP contribution in [0.5, 0.6) is 17.2 Å². The average Bonchev–Trinajstić information content (AvgIpc) is 3.63. The Bertz CT molecular complexity index is 2330. The van der Waals surface area contributed by atoms with E-state index in [2.05, 4.69) is 20.4 Å². The molecule has 52 heavy (non-hydrogen) atoms. The lowest BCUT2D eigenvalue weighted by Gasteiger charge is -2.25. The van der Waals surface area contributed by atoms with Crippen LogP contribution < -0.4 is 14.2 Å². The van der Waals surface area contributed by atoms with Crippen LogP contribution in [-0.2, 0) is 39.5 Å². The maximum absolute atomic E-state index is 15.3. The molecule has 0 bridgehead atoms. The Morgan fingerprint density at radius 1 is 0.692 bits per heavy atom. The van der Waals surface area contributed by atoms with E-state index in [-0.39, 0.29) is 36.0 Å². The first-order chi connectivity index (χ1) is 25.0. The van der Waals surface area contributed by atoms with E-state index in [0.29, 0.717) is 31.9 Å². The molecule has 268 valence electrons. The third-order valence-electron chi connectivity index (χ3n) is 8.07. The van der Waals surface area contributed by atoms with Crippen LogP contribution in [-0.4, -0.2) is 67.7 Å². The van der Waals surface area contributed by atoms with E-state index < -0.39 is 29.7 Å². The van der Waals surface area contributed by atoms with Crippen LogP contribution in [0.25, 0.3) is 11.4 Å². The molecule has 0 spiro atoms. The second kappa shape index (κ2) is 15.8. The monoisotopic (exact) mass is 852 g/mol. The Hall–Kier alpha value is -4.91. The summed E-state index contributed by atoms with van der Waals surface area (Å²) in [7, 11) is -4.52. The number of sulfone groups is 1. The average molecular weight is 853 g/mol. The fourth-order valence-corrected chi connectivity index (χ4v) is 9.84. The van der Waals surface area contributed by atoms with Crippen LogP contribution in [0, 0.1) is 3.57 Å². The maximum Gasteiger partial charge on any atom is 0.245 e. The summed E-state index contributed by atoms with van der Waals surface area (Å²) in [6.45, 7) is -0.00346. The molecule has 0 unspecified atom stereocenters. The molecule has 0 saturated carbocycles. The van der Waals surface area contributed by atoms with Gasteiger partial charge in [0.15, 0.2) is 5.03 Å². The minimum absolute atomic E-state index is 0.00644. The molecule has 0 radical (unpaired) electrons. The lowest BCUT2D eigenvalue weighted by molar-refractivity contribution is 0.396. The van der Waals surface area contributed by atoms with E-state index in [0.717, 1.165) is 5.56 Å². The van der Waals surface area contributed by atoms with Crippen LogP contribution in [0.1, 0.15) is 16.7 Å². The van der Waals surface area contributed by atoms with Crippen LogP contribution >= 0.6 is 22.6 Å². The molecule has 6 aromatic rings. The molecular weight excluding hydrogens is 819 g/mol. The minimum atomic E-state index is -4.68. The predicted octanol–water partition coefficient (Wildman–Crippen LogP) is 5.64. The molecule has 0 aliphatic heterocycles. The number of ether oxygens (including phenoxy) is 3. The van der Waals surface area contributed by atoms with E-state index in [9.17, 15) is 8.42 Å². The lowest BCUT2D eigenvalue weighted by Crippen LogP contribution is -2.32. The summed E-state index contributed by atoms with van der Waals surface area (Å²) in [5.74, 6) is 1.81. The van der Waals surface area contributed by atoms with Crippen molar-refractivity contribution in [2.24, 2.45) is 0 Å². The third-order valence-corrected chi connectivity index (χ3v) is 12.7. The SMILES string of the molecule is COc1ccc(CN(Cc2ccc(OC)cc2)S(=O)(=O)c2c(S(=O)(=O)c3ccccn3)ccc(I)c2-c2nnn(Cc3ccc(OC)cc3)n2)cc1. The molecule has 16 heteroatoms. The number of pyridine rings is 1. The van der Waals surface area contributed by atoms with E-state index >= 15 is 8.42 Å². The van der Waals surface area contributed by atoms with Gasteiger partial charge in [-0.05, 0) is 105 Å². The van der Waals surface area contributed by atoms with Crippen LogP contribution in [0.3, 0.4) is 0 Å². The molecule has 13 nitrogen and oxygen atoms in total. The van der Waals surface area contributed by atoms with Gasteiger partial charge in [-0.3, -0.25) is 0 Å². The van der Waals surface area contributed by atoms with Gasteiger partial charge in [-0.1, -0.05) is 42.5 Å². The molecule has 2 heterocycles. The fraction of sp³-hybridized carbons (Fsp3) is 0.167. The Labute approximate surface area is 315 Å². The lowest BCUT2D eigenvalue weighted by atomic mass is 10.2. The van der Waals surface area contributed by atoms with Gasteiger partial charge in [0.1, 0.15) is 22.1 Å². The molecule has 4 aromatic carbocycles. The molecule has 2 aromatic heterocycles. The normalized spacial score (nSPS) is 11.8. The van der Waals surface area contributed by atoms with Crippen LogP contribution in [0.4, 0.5) is 0 Å². The van der Waals surface area contributed by atoms with Crippen molar-refractivity contribution in [2.45, 2.75) is 34.5 Å². The van der Waals surface area contributed by atoms with E-state index in [1.165, 1.54) is 39.6 Å². The Morgan fingerprint density at radius 3 is 1.73 bits per heavy atom. The van der Waals surface area contributed by atoms with Gasteiger partial charge in [-0.2, -0.15) is 9.10 Å². The predicted molar refractivity (Wildman–Crippen MR) is 200 cm³/mol. The number of tetrazole rings is 1. The highest BCUT2D eigenvalue weighted by atomic mass is 127. The van der Waals surface area contributed by atoms with E-state index in [4.69, 9.17) is 14.2 Å². The third kappa shape index (κ3) is 7.94. The van der Waals surface area contributed by atoms with Gasteiger partial charge in [0.25, 0.3) is 0 Å². The molecule has 6 rings (SSSR count). The van der Waals surface area contributed by atoms with Gasteiger partial charge in [-0.15, -0.1) is 10.2 Å². The van der Waals surface area contributed by atoms with Crippen LogP contribution in [0.15, 0.2) is 124 Å². The van der Waals surface area contributed by atoms with Crippen molar-refractivity contribution < 1.29 is 31.0 Å². The summed E-state index contributed by atoms with van der Waals surface area (Å²) in [5.41, 5.74) is 2.11. The summed E-state index contributed by atoms with van der Waals surface area (Å²) < 4.78 is 76.7. The number of sulfonamides is 1. The summed E-state index contributed by atoms with van der Waals surface area (Å²) in [5, 5.41) is 12.7. The second-order valence-electron chi connectivity index (χ2n) is 11.4. The first kappa shape index (κ1) is 36.9. The molecule has 0 atom stereocenters.